The highest BCUT2D eigenvalue weighted by Gasteiger charge is 2.09. The molecule has 2 aromatic rings. The van der Waals surface area contributed by atoms with Crippen molar-refractivity contribution in [2.45, 2.75) is 19.9 Å². The van der Waals surface area contributed by atoms with Crippen molar-refractivity contribution in [2.24, 2.45) is 0 Å². The molecule has 0 saturated carbocycles. The van der Waals surface area contributed by atoms with E-state index in [1.807, 2.05) is 18.2 Å². The summed E-state index contributed by atoms with van der Waals surface area (Å²) in [7, 11) is 0. The van der Waals surface area contributed by atoms with Gasteiger partial charge in [0.2, 0.25) is 5.91 Å². The van der Waals surface area contributed by atoms with Gasteiger partial charge in [0, 0.05) is 24.4 Å². The van der Waals surface area contributed by atoms with Gasteiger partial charge in [0.15, 0.2) is 5.76 Å². The third-order valence-electron chi connectivity index (χ3n) is 3.10. The Bertz CT molecular complexity index is 641. The van der Waals surface area contributed by atoms with E-state index in [-0.39, 0.29) is 17.6 Å². The van der Waals surface area contributed by atoms with Crippen LogP contribution in [0.3, 0.4) is 0 Å². The summed E-state index contributed by atoms with van der Waals surface area (Å²) in [6, 6.07) is 10.6. The fraction of sp³-hybridized carbons (Fsp3) is 0.294. The minimum Gasteiger partial charge on any atom is -0.459 e. The van der Waals surface area contributed by atoms with Gasteiger partial charge in [-0.1, -0.05) is 19.1 Å². The van der Waals surface area contributed by atoms with Crippen LogP contribution >= 0.6 is 11.8 Å². The fourth-order valence-corrected chi connectivity index (χ4v) is 2.58. The molecule has 0 fully saturated rings. The Labute approximate surface area is 139 Å². The molecule has 0 atom stereocenters. The number of hydrogen-bond acceptors (Lipinski definition) is 4. The quantitative estimate of drug-likeness (QED) is 0.728. The van der Waals surface area contributed by atoms with Gasteiger partial charge >= 0.3 is 0 Å². The van der Waals surface area contributed by atoms with Crippen molar-refractivity contribution in [1.29, 1.82) is 0 Å². The molecule has 0 bridgehead atoms. The third kappa shape index (κ3) is 5.83. The second-order valence-electron chi connectivity index (χ2n) is 4.86. The molecule has 0 unspecified atom stereocenters. The smallest absolute Gasteiger partial charge is 0.291 e. The molecule has 5 nitrogen and oxygen atoms in total. The summed E-state index contributed by atoms with van der Waals surface area (Å²) < 4.78 is 5.05. The first kappa shape index (κ1) is 17.1. The molecule has 23 heavy (non-hydrogen) atoms. The topological polar surface area (TPSA) is 71.3 Å². The lowest BCUT2D eigenvalue weighted by molar-refractivity contribution is -0.120. The Balaban J connectivity index is 1.85. The molecule has 0 saturated heterocycles. The molecule has 2 rings (SSSR count). The van der Waals surface area contributed by atoms with E-state index in [9.17, 15) is 9.59 Å². The zero-order chi connectivity index (χ0) is 16.5. The van der Waals surface area contributed by atoms with Crippen molar-refractivity contribution < 1.29 is 14.0 Å². The molecule has 1 aromatic heterocycles. The van der Waals surface area contributed by atoms with E-state index in [4.69, 9.17) is 4.42 Å². The predicted octanol–water partition coefficient (Wildman–Crippen LogP) is 3.29. The number of amides is 2. The Kier molecular flexibility index (Phi) is 6.75. The maximum Gasteiger partial charge on any atom is 0.291 e. The van der Waals surface area contributed by atoms with Gasteiger partial charge < -0.3 is 15.1 Å². The number of benzene rings is 1. The van der Waals surface area contributed by atoms with Crippen LogP contribution in [-0.2, 0) is 11.3 Å². The molecule has 122 valence electrons. The van der Waals surface area contributed by atoms with Crippen LogP contribution < -0.4 is 10.6 Å². The average Bonchev–Trinajstić information content (AvgIpc) is 3.08. The van der Waals surface area contributed by atoms with Gasteiger partial charge in [-0.2, -0.15) is 11.8 Å². The molecule has 0 aliphatic rings. The molecule has 1 aromatic carbocycles. The summed E-state index contributed by atoms with van der Waals surface area (Å²) in [6.45, 7) is 2.52. The van der Waals surface area contributed by atoms with Gasteiger partial charge in [-0.25, -0.2) is 0 Å². The Hall–Kier alpha value is -2.21. The normalized spacial score (nSPS) is 10.3. The number of furan rings is 1. The maximum atomic E-state index is 11.9. The van der Waals surface area contributed by atoms with Crippen LogP contribution in [0.25, 0.3) is 0 Å². The predicted molar refractivity (Wildman–Crippen MR) is 92.6 cm³/mol. The van der Waals surface area contributed by atoms with Gasteiger partial charge in [0.1, 0.15) is 0 Å². The van der Waals surface area contributed by atoms with E-state index in [0.717, 1.165) is 17.1 Å². The van der Waals surface area contributed by atoms with Crippen molar-refractivity contribution in [3.63, 3.8) is 0 Å². The number of anilines is 1. The van der Waals surface area contributed by atoms with Crippen LogP contribution in [0.4, 0.5) is 5.69 Å². The highest BCUT2D eigenvalue weighted by Crippen LogP contribution is 2.13. The largest absolute Gasteiger partial charge is 0.459 e. The summed E-state index contributed by atoms with van der Waals surface area (Å²) in [6.07, 6.45) is 1.98. The van der Waals surface area contributed by atoms with Crippen molar-refractivity contribution >= 4 is 29.3 Å². The van der Waals surface area contributed by atoms with Crippen LogP contribution in [0.15, 0.2) is 47.1 Å². The van der Waals surface area contributed by atoms with E-state index in [0.29, 0.717) is 18.7 Å². The SMILES string of the molecule is CCSCCC(=O)NCc1cccc(NC(=O)c2ccco2)c1. The van der Waals surface area contributed by atoms with Crippen molar-refractivity contribution in [3.05, 3.63) is 54.0 Å². The number of carbonyl (C=O) groups is 2. The highest BCUT2D eigenvalue weighted by atomic mass is 32.2. The van der Waals surface area contributed by atoms with E-state index in [1.54, 1.807) is 30.0 Å². The zero-order valence-corrected chi connectivity index (χ0v) is 13.8. The lowest BCUT2D eigenvalue weighted by atomic mass is 10.2. The average molecular weight is 332 g/mol. The molecular weight excluding hydrogens is 312 g/mol. The molecule has 2 amide bonds. The van der Waals surface area contributed by atoms with E-state index in [1.165, 1.54) is 6.26 Å². The summed E-state index contributed by atoms with van der Waals surface area (Å²) in [5.74, 6) is 1.85. The third-order valence-corrected chi connectivity index (χ3v) is 4.00. The van der Waals surface area contributed by atoms with Crippen LogP contribution in [0.1, 0.15) is 29.5 Å². The molecule has 0 aliphatic heterocycles. The maximum absolute atomic E-state index is 11.9. The minimum absolute atomic E-state index is 0.0379. The van der Waals surface area contributed by atoms with Crippen molar-refractivity contribution in [2.75, 3.05) is 16.8 Å². The minimum atomic E-state index is -0.298. The summed E-state index contributed by atoms with van der Waals surface area (Å²) in [5, 5.41) is 5.65. The zero-order valence-electron chi connectivity index (χ0n) is 13.0. The van der Waals surface area contributed by atoms with Gasteiger partial charge in [-0.15, -0.1) is 0 Å². The number of rotatable bonds is 8. The van der Waals surface area contributed by atoms with Gasteiger partial charge in [0.25, 0.3) is 5.91 Å². The fourth-order valence-electron chi connectivity index (χ4n) is 1.96. The number of nitrogens with one attached hydrogen (secondary N) is 2. The molecule has 6 heteroatoms. The summed E-state index contributed by atoms with van der Waals surface area (Å²) in [4.78, 5) is 23.6. The van der Waals surface area contributed by atoms with E-state index in [2.05, 4.69) is 17.6 Å². The van der Waals surface area contributed by atoms with E-state index < -0.39 is 0 Å². The van der Waals surface area contributed by atoms with Crippen molar-refractivity contribution in [3.8, 4) is 0 Å². The number of hydrogen-bond donors (Lipinski definition) is 2. The summed E-state index contributed by atoms with van der Waals surface area (Å²) in [5.41, 5.74) is 1.60. The lowest BCUT2D eigenvalue weighted by Gasteiger charge is -2.08. The van der Waals surface area contributed by atoms with Crippen LogP contribution in [-0.4, -0.2) is 23.3 Å². The monoisotopic (exact) mass is 332 g/mol. The van der Waals surface area contributed by atoms with Crippen molar-refractivity contribution in [1.82, 2.24) is 5.32 Å². The summed E-state index contributed by atoms with van der Waals surface area (Å²) >= 11 is 1.75. The Morgan fingerprint density at radius 3 is 2.83 bits per heavy atom. The first-order chi connectivity index (χ1) is 11.2. The molecule has 0 aliphatic carbocycles. The Morgan fingerprint density at radius 2 is 2.09 bits per heavy atom. The molecular formula is C17H20N2O3S. The standard InChI is InChI=1S/C17H20N2O3S/c1-2-23-10-8-16(20)18-12-13-5-3-6-14(11-13)19-17(21)15-7-4-9-22-15/h3-7,9,11H,2,8,10,12H2,1H3,(H,18,20)(H,19,21). The van der Waals surface area contributed by atoms with E-state index >= 15 is 0 Å². The van der Waals surface area contributed by atoms with Crippen LogP contribution in [0.2, 0.25) is 0 Å². The van der Waals surface area contributed by atoms with Gasteiger partial charge in [-0.3, -0.25) is 9.59 Å². The molecule has 1 heterocycles. The lowest BCUT2D eigenvalue weighted by Crippen LogP contribution is -2.23. The van der Waals surface area contributed by atoms with Crippen LogP contribution in [0.5, 0.6) is 0 Å². The molecule has 2 N–H and O–H groups in total. The highest BCUT2D eigenvalue weighted by molar-refractivity contribution is 7.99. The van der Waals surface area contributed by atoms with Gasteiger partial charge in [-0.05, 0) is 35.6 Å². The number of carbonyl (C=O) groups excluding carboxylic acids is 2. The second-order valence-corrected chi connectivity index (χ2v) is 6.25. The van der Waals surface area contributed by atoms with Crippen LogP contribution in [0, 0.1) is 0 Å². The first-order valence-corrected chi connectivity index (χ1v) is 8.62. The molecule has 0 spiro atoms. The second kappa shape index (κ2) is 9.05. The first-order valence-electron chi connectivity index (χ1n) is 7.47. The molecule has 0 radical (unpaired) electrons. The Morgan fingerprint density at radius 1 is 1.22 bits per heavy atom. The number of thioether (sulfide) groups is 1. The van der Waals surface area contributed by atoms with Gasteiger partial charge in [0.05, 0.1) is 6.26 Å².